The maximum absolute atomic E-state index is 11.5. The molecule has 1 aliphatic rings. The van der Waals surface area contributed by atoms with Crippen molar-refractivity contribution < 1.29 is 29.6 Å². The van der Waals surface area contributed by atoms with Crippen molar-refractivity contribution in [2.75, 3.05) is 13.2 Å². The first-order valence-electron chi connectivity index (χ1n) is 6.38. The van der Waals surface area contributed by atoms with Gasteiger partial charge in [0.1, 0.15) is 18.3 Å². The average molecular weight is 262 g/mol. The molecule has 0 radical (unpaired) electrons. The summed E-state index contributed by atoms with van der Waals surface area (Å²) >= 11 is 0. The summed E-state index contributed by atoms with van der Waals surface area (Å²) in [5.74, 6) is -0.417. The molecular formula is C12H22O6. The van der Waals surface area contributed by atoms with Gasteiger partial charge in [-0.15, -0.1) is 0 Å². The van der Waals surface area contributed by atoms with Gasteiger partial charge in [0.15, 0.2) is 6.10 Å². The Morgan fingerprint density at radius 1 is 1.44 bits per heavy atom. The lowest BCUT2D eigenvalue weighted by Gasteiger charge is -2.23. The molecule has 6 heteroatoms. The summed E-state index contributed by atoms with van der Waals surface area (Å²) < 4.78 is 10.2. The van der Waals surface area contributed by atoms with Crippen LogP contribution in [-0.4, -0.2) is 58.9 Å². The van der Waals surface area contributed by atoms with Crippen LogP contribution >= 0.6 is 0 Å². The van der Waals surface area contributed by atoms with E-state index in [9.17, 15) is 15.0 Å². The van der Waals surface area contributed by atoms with Crippen LogP contribution in [0.1, 0.15) is 32.6 Å². The van der Waals surface area contributed by atoms with Gasteiger partial charge in [-0.2, -0.15) is 0 Å². The molecule has 18 heavy (non-hydrogen) atoms. The van der Waals surface area contributed by atoms with Gasteiger partial charge in [0.2, 0.25) is 0 Å². The summed E-state index contributed by atoms with van der Waals surface area (Å²) in [7, 11) is 0. The van der Waals surface area contributed by atoms with Gasteiger partial charge in [0, 0.05) is 6.42 Å². The number of aliphatic hydroxyl groups excluding tert-OH is 3. The lowest BCUT2D eigenvalue weighted by atomic mass is 10.1. The third kappa shape index (κ3) is 4.20. The van der Waals surface area contributed by atoms with Gasteiger partial charge < -0.3 is 24.8 Å². The van der Waals surface area contributed by atoms with Crippen molar-refractivity contribution >= 4 is 5.97 Å². The zero-order valence-corrected chi connectivity index (χ0v) is 10.6. The lowest BCUT2D eigenvalue weighted by Crippen LogP contribution is -2.43. The number of hydrogen-bond donors (Lipinski definition) is 3. The zero-order chi connectivity index (χ0) is 13.5. The van der Waals surface area contributed by atoms with Crippen molar-refractivity contribution in [2.45, 2.75) is 57.0 Å². The highest BCUT2D eigenvalue weighted by Crippen LogP contribution is 2.20. The Labute approximate surface area is 107 Å². The number of carbonyl (C=O) groups is 1. The Bertz CT molecular complexity index is 257. The van der Waals surface area contributed by atoms with Crippen LogP contribution < -0.4 is 0 Å². The first-order valence-corrected chi connectivity index (χ1v) is 6.38. The molecule has 0 aliphatic carbocycles. The molecule has 106 valence electrons. The van der Waals surface area contributed by atoms with E-state index in [1.165, 1.54) is 0 Å². The van der Waals surface area contributed by atoms with Crippen LogP contribution in [0, 0.1) is 0 Å². The predicted molar refractivity (Wildman–Crippen MR) is 62.9 cm³/mol. The van der Waals surface area contributed by atoms with Crippen molar-refractivity contribution in [1.29, 1.82) is 0 Å². The molecule has 0 aromatic rings. The molecule has 4 atom stereocenters. The summed E-state index contributed by atoms with van der Waals surface area (Å²) in [6, 6.07) is 0. The van der Waals surface area contributed by atoms with Crippen LogP contribution in [0.4, 0.5) is 0 Å². The van der Waals surface area contributed by atoms with Crippen molar-refractivity contribution in [1.82, 2.24) is 0 Å². The first kappa shape index (κ1) is 15.4. The van der Waals surface area contributed by atoms with Crippen LogP contribution in [0.5, 0.6) is 0 Å². The first-order chi connectivity index (χ1) is 8.60. The van der Waals surface area contributed by atoms with Gasteiger partial charge >= 0.3 is 5.97 Å². The van der Waals surface area contributed by atoms with Crippen molar-refractivity contribution in [3.63, 3.8) is 0 Å². The molecule has 0 aromatic heterocycles. The van der Waals surface area contributed by atoms with Gasteiger partial charge in [-0.3, -0.25) is 4.79 Å². The number of ether oxygens (including phenoxy) is 2. The molecule has 1 rings (SSSR count). The van der Waals surface area contributed by atoms with Crippen LogP contribution in [0.3, 0.4) is 0 Å². The van der Waals surface area contributed by atoms with Crippen molar-refractivity contribution in [3.8, 4) is 0 Å². The highest BCUT2D eigenvalue weighted by Gasteiger charge is 2.41. The topological polar surface area (TPSA) is 96.2 Å². The fraction of sp³-hybridized carbons (Fsp3) is 0.917. The summed E-state index contributed by atoms with van der Waals surface area (Å²) in [6.07, 6.45) is -0.937. The second-order valence-electron chi connectivity index (χ2n) is 4.52. The van der Waals surface area contributed by atoms with Gasteiger partial charge in [-0.1, -0.05) is 19.8 Å². The third-order valence-electron chi connectivity index (χ3n) is 3.00. The number of unbranched alkanes of at least 4 members (excludes halogenated alkanes) is 2. The SMILES string of the molecule is CCCCCC(=O)O[C@H](CO)[C@H]1OC[C@H](O)[C@H]1O. The molecule has 3 N–H and O–H groups in total. The number of rotatable bonds is 7. The van der Waals surface area contributed by atoms with Crippen molar-refractivity contribution in [3.05, 3.63) is 0 Å². The Morgan fingerprint density at radius 3 is 2.67 bits per heavy atom. The van der Waals surface area contributed by atoms with E-state index in [-0.39, 0.29) is 13.0 Å². The molecule has 0 spiro atoms. The van der Waals surface area contributed by atoms with Gasteiger partial charge in [0.25, 0.3) is 0 Å². The smallest absolute Gasteiger partial charge is 0.306 e. The molecular weight excluding hydrogens is 240 g/mol. The molecule has 0 unspecified atom stereocenters. The summed E-state index contributed by atoms with van der Waals surface area (Å²) in [5.41, 5.74) is 0. The second-order valence-corrected chi connectivity index (χ2v) is 4.52. The number of hydrogen-bond acceptors (Lipinski definition) is 6. The summed E-state index contributed by atoms with van der Waals surface area (Å²) in [5, 5.41) is 28.1. The molecule has 0 amide bonds. The fourth-order valence-corrected chi connectivity index (χ4v) is 1.91. The van der Waals surface area contributed by atoms with Gasteiger partial charge in [-0.05, 0) is 6.42 Å². The van der Waals surface area contributed by atoms with Gasteiger partial charge in [-0.25, -0.2) is 0 Å². The van der Waals surface area contributed by atoms with Crippen LogP contribution in [0.15, 0.2) is 0 Å². The second kappa shape index (κ2) is 7.68. The molecule has 1 heterocycles. The molecule has 0 saturated carbocycles. The van der Waals surface area contributed by atoms with E-state index < -0.39 is 37.0 Å². The molecule has 0 aromatic carbocycles. The third-order valence-corrected chi connectivity index (χ3v) is 3.00. The van der Waals surface area contributed by atoms with E-state index in [1.54, 1.807) is 0 Å². The normalized spacial score (nSPS) is 29.2. The van der Waals surface area contributed by atoms with E-state index in [4.69, 9.17) is 14.6 Å². The highest BCUT2D eigenvalue weighted by atomic mass is 16.6. The molecule has 1 saturated heterocycles. The largest absolute Gasteiger partial charge is 0.457 e. The average Bonchev–Trinajstić information content (AvgIpc) is 2.68. The predicted octanol–water partition coefficient (Wildman–Crippen LogP) is -0.409. The zero-order valence-electron chi connectivity index (χ0n) is 10.6. The van der Waals surface area contributed by atoms with E-state index >= 15 is 0 Å². The minimum Gasteiger partial charge on any atom is -0.457 e. The molecule has 0 bridgehead atoms. The Morgan fingerprint density at radius 2 is 2.17 bits per heavy atom. The van der Waals surface area contributed by atoms with E-state index in [2.05, 4.69) is 0 Å². The molecule has 6 nitrogen and oxygen atoms in total. The Balaban J connectivity index is 2.39. The molecule has 1 aliphatic heterocycles. The van der Waals surface area contributed by atoms with Crippen LogP contribution in [0.25, 0.3) is 0 Å². The van der Waals surface area contributed by atoms with E-state index in [0.717, 1.165) is 19.3 Å². The number of aliphatic hydroxyl groups is 3. The monoisotopic (exact) mass is 262 g/mol. The van der Waals surface area contributed by atoms with Crippen LogP contribution in [0.2, 0.25) is 0 Å². The van der Waals surface area contributed by atoms with Crippen molar-refractivity contribution in [2.24, 2.45) is 0 Å². The number of esters is 1. The van der Waals surface area contributed by atoms with E-state index in [1.807, 2.05) is 6.92 Å². The quantitative estimate of drug-likeness (QED) is 0.426. The maximum atomic E-state index is 11.5. The highest BCUT2D eigenvalue weighted by molar-refractivity contribution is 5.69. The maximum Gasteiger partial charge on any atom is 0.306 e. The summed E-state index contributed by atoms with van der Waals surface area (Å²) in [6.45, 7) is 1.58. The lowest BCUT2D eigenvalue weighted by molar-refractivity contribution is -0.162. The number of carbonyl (C=O) groups excluding carboxylic acids is 1. The van der Waals surface area contributed by atoms with Crippen LogP contribution in [-0.2, 0) is 14.3 Å². The minimum atomic E-state index is -1.13. The molecule has 1 fully saturated rings. The van der Waals surface area contributed by atoms with E-state index in [0.29, 0.717) is 0 Å². The summed E-state index contributed by atoms with van der Waals surface area (Å²) in [4.78, 5) is 11.5. The Kier molecular flexibility index (Phi) is 6.56. The standard InChI is InChI=1S/C12H22O6/c1-2-3-4-5-10(15)18-9(6-13)12-11(16)8(14)7-17-12/h8-9,11-14,16H,2-7H2,1H3/t8-,9+,11+,12+/m0/s1. The van der Waals surface area contributed by atoms with Gasteiger partial charge in [0.05, 0.1) is 13.2 Å². The minimum absolute atomic E-state index is 0.0181. The Hall–Kier alpha value is -0.690. The fourth-order valence-electron chi connectivity index (χ4n) is 1.91.